The van der Waals surface area contributed by atoms with Gasteiger partial charge in [-0.1, -0.05) is 6.07 Å². The minimum atomic E-state index is -0.570. The lowest BCUT2D eigenvalue weighted by Gasteiger charge is -2.28. The molecular formula is C11H13N5OS. The van der Waals surface area contributed by atoms with E-state index in [4.69, 9.17) is 5.73 Å². The molecule has 94 valence electrons. The van der Waals surface area contributed by atoms with Gasteiger partial charge in [0.25, 0.3) is 0 Å². The zero-order chi connectivity index (χ0) is 12.5. The van der Waals surface area contributed by atoms with Gasteiger partial charge in [-0.25, -0.2) is 0 Å². The highest BCUT2D eigenvalue weighted by Gasteiger charge is 2.27. The van der Waals surface area contributed by atoms with Crippen molar-refractivity contribution >= 4 is 17.2 Å². The second-order valence-corrected chi connectivity index (χ2v) is 5.17. The van der Waals surface area contributed by atoms with Crippen LogP contribution in [0.1, 0.15) is 16.7 Å². The highest BCUT2D eigenvalue weighted by Crippen LogP contribution is 2.20. The second kappa shape index (κ2) is 4.51. The molecule has 1 aliphatic rings. The molecule has 0 spiro atoms. The summed E-state index contributed by atoms with van der Waals surface area (Å²) in [4.78, 5) is 14.9. The third-order valence-corrected chi connectivity index (χ3v) is 4.02. The maximum Gasteiger partial charge on any atom is 0.245 e. The van der Waals surface area contributed by atoms with Crippen LogP contribution < -0.4 is 5.73 Å². The standard InChI is InChI=1S/C11H13N5OS/c12-10(8-2-1-5-18-8)11(17)15-3-4-16-7-13-14-9(16)6-15/h1-2,5,7,10H,3-4,6,12H2. The summed E-state index contributed by atoms with van der Waals surface area (Å²) in [7, 11) is 0. The minimum absolute atomic E-state index is 0.0494. The fourth-order valence-electron chi connectivity index (χ4n) is 2.04. The van der Waals surface area contributed by atoms with E-state index in [1.54, 1.807) is 11.2 Å². The predicted octanol–water partition coefficient (Wildman–Crippen LogP) is 0.382. The van der Waals surface area contributed by atoms with Crippen LogP contribution in [0.3, 0.4) is 0 Å². The van der Waals surface area contributed by atoms with Crippen LogP contribution in [0.15, 0.2) is 23.8 Å². The Morgan fingerprint density at radius 1 is 1.50 bits per heavy atom. The van der Waals surface area contributed by atoms with E-state index in [1.807, 2.05) is 22.1 Å². The minimum Gasteiger partial charge on any atom is -0.332 e. The SMILES string of the molecule is NC(C(=O)N1CCn2cnnc2C1)c1cccs1. The summed E-state index contributed by atoms with van der Waals surface area (Å²) in [6.07, 6.45) is 1.69. The smallest absolute Gasteiger partial charge is 0.245 e. The van der Waals surface area contributed by atoms with E-state index in [2.05, 4.69) is 10.2 Å². The van der Waals surface area contributed by atoms with Gasteiger partial charge in [-0.15, -0.1) is 21.5 Å². The molecule has 6 nitrogen and oxygen atoms in total. The molecule has 0 fully saturated rings. The van der Waals surface area contributed by atoms with Crippen LogP contribution in [0, 0.1) is 0 Å². The van der Waals surface area contributed by atoms with Crippen molar-refractivity contribution in [3.05, 3.63) is 34.5 Å². The van der Waals surface area contributed by atoms with E-state index in [9.17, 15) is 4.79 Å². The van der Waals surface area contributed by atoms with Gasteiger partial charge in [0.15, 0.2) is 5.82 Å². The summed E-state index contributed by atoms with van der Waals surface area (Å²) in [6, 6.07) is 3.22. The van der Waals surface area contributed by atoms with Crippen LogP contribution in [-0.2, 0) is 17.9 Å². The Kier molecular flexibility index (Phi) is 2.85. The molecule has 0 aliphatic carbocycles. The Morgan fingerprint density at radius 3 is 3.17 bits per heavy atom. The fraction of sp³-hybridized carbons (Fsp3) is 0.364. The molecule has 18 heavy (non-hydrogen) atoms. The average Bonchev–Trinajstić information content (AvgIpc) is 3.06. The number of rotatable bonds is 2. The van der Waals surface area contributed by atoms with Gasteiger partial charge in [0, 0.05) is 18.0 Å². The molecule has 1 aliphatic heterocycles. The van der Waals surface area contributed by atoms with Gasteiger partial charge < -0.3 is 15.2 Å². The summed E-state index contributed by atoms with van der Waals surface area (Å²) >= 11 is 1.50. The van der Waals surface area contributed by atoms with Crippen molar-refractivity contribution in [3.63, 3.8) is 0 Å². The van der Waals surface area contributed by atoms with Crippen LogP contribution in [-0.4, -0.2) is 32.1 Å². The van der Waals surface area contributed by atoms with Crippen LogP contribution in [0.5, 0.6) is 0 Å². The van der Waals surface area contributed by atoms with Gasteiger partial charge >= 0.3 is 0 Å². The van der Waals surface area contributed by atoms with Crippen molar-refractivity contribution in [2.45, 2.75) is 19.1 Å². The molecule has 2 N–H and O–H groups in total. The summed E-state index contributed by atoms with van der Waals surface area (Å²) in [5.74, 6) is 0.764. The summed E-state index contributed by atoms with van der Waals surface area (Å²) in [5.41, 5.74) is 5.99. The molecule has 1 amide bonds. The van der Waals surface area contributed by atoms with E-state index in [0.717, 1.165) is 17.2 Å². The first-order chi connectivity index (χ1) is 8.75. The van der Waals surface area contributed by atoms with Gasteiger partial charge in [0.2, 0.25) is 5.91 Å². The highest BCUT2D eigenvalue weighted by molar-refractivity contribution is 7.10. The van der Waals surface area contributed by atoms with Crippen molar-refractivity contribution in [2.24, 2.45) is 5.73 Å². The maximum absolute atomic E-state index is 12.3. The molecule has 0 aromatic carbocycles. The summed E-state index contributed by atoms with van der Waals surface area (Å²) < 4.78 is 1.96. The largest absolute Gasteiger partial charge is 0.332 e. The number of amides is 1. The lowest BCUT2D eigenvalue weighted by molar-refractivity contribution is -0.134. The first-order valence-electron chi connectivity index (χ1n) is 5.70. The van der Waals surface area contributed by atoms with Gasteiger partial charge in [-0.3, -0.25) is 4.79 Å². The Hall–Kier alpha value is -1.73. The van der Waals surface area contributed by atoms with Crippen molar-refractivity contribution in [3.8, 4) is 0 Å². The van der Waals surface area contributed by atoms with Crippen LogP contribution in [0.4, 0.5) is 0 Å². The molecule has 0 saturated carbocycles. The summed E-state index contributed by atoms with van der Waals surface area (Å²) in [5, 5.41) is 9.76. The number of thiophene rings is 1. The molecule has 1 atom stereocenters. The quantitative estimate of drug-likeness (QED) is 0.850. The number of nitrogens with two attached hydrogens (primary N) is 1. The zero-order valence-electron chi connectivity index (χ0n) is 9.69. The molecule has 2 aromatic rings. The molecular weight excluding hydrogens is 250 g/mol. The summed E-state index contributed by atoms with van der Waals surface area (Å²) in [6.45, 7) is 1.87. The third kappa shape index (κ3) is 1.91. The van der Waals surface area contributed by atoms with Crippen molar-refractivity contribution in [1.29, 1.82) is 0 Å². The Bertz CT molecular complexity index is 550. The topological polar surface area (TPSA) is 77.0 Å². The Labute approximate surface area is 108 Å². The van der Waals surface area contributed by atoms with Crippen molar-refractivity contribution in [2.75, 3.05) is 6.54 Å². The van der Waals surface area contributed by atoms with E-state index in [-0.39, 0.29) is 5.91 Å². The molecule has 0 saturated heterocycles. The molecule has 0 radical (unpaired) electrons. The number of hydrogen-bond donors (Lipinski definition) is 1. The van der Waals surface area contributed by atoms with Gasteiger partial charge in [-0.05, 0) is 11.4 Å². The highest BCUT2D eigenvalue weighted by atomic mass is 32.1. The van der Waals surface area contributed by atoms with Crippen LogP contribution in [0.2, 0.25) is 0 Å². The predicted molar refractivity (Wildman–Crippen MR) is 66.7 cm³/mol. The molecule has 1 unspecified atom stereocenters. The van der Waals surface area contributed by atoms with E-state index >= 15 is 0 Å². The van der Waals surface area contributed by atoms with Gasteiger partial charge in [0.05, 0.1) is 6.54 Å². The lowest BCUT2D eigenvalue weighted by Crippen LogP contribution is -2.42. The molecule has 0 bridgehead atoms. The van der Waals surface area contributed by atoms with E-state index in [0.29, 0.717) is 13.1 Å². The normalized spacial score (nSPS) is 16.4. The van der Waals surface area contributed by atoms with Gasteiger partial charge in [0.1, 0.15) is 12.4 Å². The maximum atomic E-state index is 12.3. The van der Waals surface area contributed by atoms with Crippen molar-refractivity contribution < 1.29 is 4.79 Å². The first kappa shape index (κ1) is 11.4. The number of carbonyl (C=O) groups excluding carboxylic acids is 1. The third-order valence-electron chi connectivity index (χ3n) is 3.07. The molecule has 3 rings (SSSR count). The molecule has 3 heterocycles. The van der Waals surface area contributed by atoms with E-state index < -0.39 is 6.04 Å². The van der Waals surface area contributed by atoms with Crippen molar-refractivity contribution in [1.82, 2.24) is 19.7 Å². The zero-order valence-corrected chi connectivity index (χ0v) is 10.5. The Morgan fingerprint density at radius 2 is 2.39 bits per heavy atom. The lowest BCUT2D eigenvalue weighted by atomic mass is 10.2. The second-order valence-electron chi connectivity index (χ2n) is 4.19. The number of hydrogen-bond acceptors (Lipinski definition) is 5. The number of fused-ring (bicyclic) bond motifs is 1. The number of nitrogens with zero attached hydrogens (tertiary/aromatic N) is 4. The average molecular weight is 263 g/mol. The first-order valence-corrected chi connectivity index (χ1v) is 6.58. The molecule has 2 aromatic heterocycles. The number of carbonyl (C=O) groups is 1. The van der Waals surface area contributed by atoms with Crippen LogP contribution >= 0.6 is 11.3 Å². The van der Waals surface area contributed by atoms with Gasteiger partial charge in [-0.2, -0.15) is 0 Å². The fourth-order valence-corrected chi connectivity index (χ4v) is 2.76. The molecule has 7 heteroatoms. The van der Waals surface area contributed by atoms with E-state index in [1.165, 1.54) is 11.3 Å². The van der Waals surface area contributed by atoms with Crippen LogP contribution in [0.25, 0.3) is 0 Å². The monoisotopic (exact) mass is 263 g/mol. The number of aromatic nitrogens is 3. The Balaban J connectivity index is 1.75.